The van der Waals surface area contributed by atoms with E-state index in [0.717, 1.165) is 18.4 Å². The summed E-state index contributed by atoms with van der Waals surface area (Å²) in [7, 11) is 0. The average Bonchev–Trinajstić information content (AvgIpc) is 2.78. The van der Waals surface area contributed by atoms with E-state index in [-0.39, 0.29) is 30.6 Å². The monoisotopic (exact) mass is 492 g/mol. The van der Waals surface area contributed by atoms with Crippen LogP contribution in [0.15, 0.2) is 30.3 Å². The highest BCUT2D eigenvalue weighted by atomic mass is 32.2. The lowest BCUT2D eigenvalue weighted by atomic mass is 9.88. The third-order valence-electron chi connectivity index (χ3n) is 5.81. The van der Waals surface area contributed by atoms with E-state index in [1.54, 1.807) is 16.7 Å². The van der Waals surface area contributed by atoms with Crippen molar-refractivity contribution in [1.29, 1.82) is 0 Å². The summed E-state index contributed by atoms with van der Waals surface area (Å²) in [6.45, 7) is 8.84. The highest BCUT2D eigenvalue weighted by Gasteiger charge is 2.36. The van der Waals surface area contributed by atoms with Gasteiger partial charge in [0.2, 0.25) is 5.91 Å². The molecule has 0 aliphatic carbocycles. The molecule has 1 aliphatic heterocycles. The van der Waals surface area contributed by atoms with Crippen LogP contribution < -0.4 is 5.32 Å². The molecular formula is C26H40N2O5S. The predicted octanol–water partition coefficient (Wildman–Crippen LogP) is 4.64. The maximum absolute atomic E-state index is 13.2. The molecule has 2 rings (SSSR count). The topological polar surface area (TPSA) is 84.9 Å². The van der Waals surface area contributed by atoms with Gasteiger partial charge in [0.25, 0.3) is 0 Å². The summed E-state index contributed by atoms with van der Waals surface area (Å²) in [5.74, 6) is -0.828. The van der Waals surface area contributed by atoms with E-state index in [0.29, 0.717) is 31.7 Å². The van der Waals surface area contributed by atoms with Crippen molar-refractivity contribution < 1.29 is 23.9 Å². The van der Waals surface area contributed by atoms with Crippen molar-refractivity contribution in [1.82, 2.24) is 10.2 Å². The molecule has 1 aromatic rings. The van der Waals surface area contributed by atoms with Crippen molar-refractivity contribution in [3.8, 4) is 0 Å². The van der Waals surface area contributed by atoms with Crippen molar-refractivity contribution in [2.75, 3.05) is 25.1 Å². The van der Waals surface area contributed by atoms with Gasteiger partial charge in [-0.1, -0.05) is 43.7 Å². The highest BCUT2D eigenvalue weighted by Crippen LogP contribution is 2.24. The van der Waals surface area contributed by atoms with Crippen LogP contribution in [0.3, 0.4) is 0 Å². The van der Waals surface area contributed by atoms with Crippen LogP contribution in [0.5, 0.6) is 0 Å². The molecule has 0 bridgehead atoms. The Morgan fingerprint density at radius 2 is 1.91 bits per heavy atom. The minimum absolute atomic E-state index is 0.0927. The number of nitrogens with zero attached hydrogens (tertiary/aromatic N) is 1. The van der Waals surface area contributed by atoms with Crippen LogP contribution in [-0.2, 0) is 25.7 Å². The number of likely N-dealkylation sites (tertiary alicyclic amines) is 1. The standard InChI is InChI=1S/C26H40N2O5S/c1-6-10-20-17-28(25(31)33-26(2,3)4)15-13-22(20)27-23(29)21(14-16-34-5)24(30)32-18-19-11-8-7-9-12-19/h7-9,11-12,20-22H,6,10,13-18H2,1-5H3,(H,27,29)/t20?,21-,22?/m0/s1. The fourth-order valence-electron chi connectivity index (χ4n) is 4.08. The molecule has 3 atom stereocenters. The fourth-order valence-corrected chi connectivity index (χ4v) is 4.55. The molecule has 1 N–H and O–H groups in total. The van der Waals surface area contributed by atoms with E-state index in [1.807, 2.05) is 57.4 Å². The van der Waals surface area contributed by atoms with Crippen molar-refractivity contribution in [3.63, 3.8) is 0 Å². The number of ether oxygens (including phenoxy) is 2. The Balaban J connectivity index is 2.01. The van der Waals surface area contributed by atoms with Crippen molar-refractivity contribution in [2.24, 2.45) is 11.8 Å². The second-order valence-electron chi connectivity index (χ2n) is 9.81. The van der Waals surface area contributed by atoms with Gasteiger partial charge in [-0.05, 0) is 63.5 Å². The third-order valence-corrected chi connectivity index (χ3v) is 6.45. The minimum Gasteiger partial charge on any atom is -0.460 e. The van der Waals surface area contributed by atoms with Gasteiger partial charge in [0.1, 0.15) is 18.1 Å². The lowest BCUT2D eigenvalue weighted by molar-refractivity contribution is -0.154. The number of nitrogens with one attached hydrogen (secondary N) is 1. The van der Waals surface area contributed by atoms with Gasteiger partial charge >= 0.3 is 12.1 Å². The zero-order valence-corrected chi connectivity index (χ0v) is 22.0. The molecule has 2 unspecified atom stereocenters. The molecule has 1 aromatic carbocycles. The minimum atomic E-state index is -0.845. The first-order valence-electron chi connectivity index (χ1n) is 12.1. The lowest BCUT2D eigenvalue weighted by Crippen LogP contribution is -2.54. The van der Waals surface area contributed by atoms with Gasteiger partial charge in [0, 0.05) is 19.1 Å². The average molecular weight is 493 g/mol. The number of rotatable bonds is 10. The summed E-state index contributed by atoms with van der Waals surface area (Å²) >= 11 is 1.60. The number of piperidine rings is 1. The normalized spacial score (nSPS) is 19.3. The first kappa shape index (κ1) is 28.0. The largest absolute Gasteiger partial charge is 0.460 e. The highest BCUT2D eigenvalue weighted by molar-refractivity contribution is 7.98. The Labute approximate surface area is 208 Å². The Kier molecular flexibility index (Phi) is 11.2. The summed E-state index contributed by atoms with van der Waals surface area (Å²) in [6, 6.07) is 9.36. The number of carbonyl (C=O) groups excluding carboxylic acids is 3. The Morgan fingerprint density at radius 3 is 2.53 bits per heavy atom. The van der Waals surface area contributed by atoms with Crippen LogP contribution in [0.25, 0.3) is 0 Å². The Hall–Kier alpha value is -2.22. The van der Waals surface area contributed by atoms with Crippen molar-refractivity contribution in [2.45, 2.75) is 71.6 Å². The molecule has 190 valence electrons. The molecule has 8 heteroatoms. The molecule has 0 spiro atoms. The summed E-state index contributed by atoms with van der Waals surface area (Å²) in [5.41, 5.74) is 0.338. The number of hydrogen-bond acceptors (Lipinski definition) is 6. The number of carbonyl (C=O) groups is 3. The van der Waals surface area contributed by atoms with Crippen molar-refractivity contribution in [3.05, 3.63) is 35.9 Å². The molecular weight excluding hydrogens is 452 g/mol. The van der Waals surface area contributed by atoms with Crippen LogP contribution in [0, 0.1) is 11.8 Å². The van der Waals surface area contributed by atoms with Gasteiger partial charge < -0.3 is 19.7 Å². The van der Waals surface area contributed by atoms with Crippen LogP contribution in [0.2, 0.25) is 0 Å². The van der Waals surface area contributed by atoms with Crippen LogP contribution in [0.1, 0.15) is 58.9 Å². The molecule has 2 amide bonds. The van der Waals surface area contributed by atoms with Gasteiger partial charge in [0.15, 0.2) is 0 Å². The second-order valence-corrected chi connectivity index (χ2v) is 10.8. The number of thioether (sulfide) groups is 1. The van der Waals surface area contributed by atoms with Crippen LogP contribution in [0.4, 0.5) is 4.79 Å². The van der Waals surface area contributed by atoms with E-state index in [1.165, 1.54) is 0 Å². The van der Waals surface area contributed by atoms with Gasteiger partial charge in [0.05, 0.1) is 0 Å². The molecule has 0 aromatic heterocycles. The zero-order chi connectivity index (χ0) is 25.1. The van der Waals surface area contributed by atoms with E-state index >= 15 is 0 Å². The molecule has 1 heterocycles. The molecule has 7 nitrogen and oxygen atoms in total. The molecule has 1 saturated heterocycles. The third kappa shape index (κ3) is 9.20. The maximum atomic E-state index is 13.2. The Bertz CT molecular complexity index is 796. The first-order chi connectivity index (χ1) is 16.1. The summed E-state index contributed by atoms with van der Waals surface area (Å²) in [4.78, 5) is 40.3. The lowest BCUT2D eigenvalue weighted by Gasteiger charge is -2.39. The maximum Gasteiger partial charge on any atom is 0.410 e. The van der Waals surface area contributed by atoms with Crippen LogP contribution in [-0.4, -0.2) is 59.6 Å². The number of hydrogen-bond donors (Lipinski definition) is 1. The SMILES string of the molecule is CCCC1CN(C(=O)OC(C)(C)C)CCC1NC(=O)[C@H](CCSC)C(=O)OCc1ccccc1. The number of esters is 1. The number of benzene rings is 1. The van der Waals surface area contributed by atoms with Gasteiger partial charge in [-0.2, -0.15) is 11.8 Å². The van der Waals surface area contributed by atoms with E-state index in [4.69, 9.17) is 9.47 Å². The number of amides is 2. The second kappa shape index (κ2) is 13.6. The van der Waals surface area contributed by atoms with E-state index in [9.17, 15) is 14.4 Å². The molecule has 1 fully saturated rings. The fraction of sp³-hybridized carbons (Fsp3) is 0.654. The summed E-state index contributed by atoms with van der Waals surface area (Å²) in [5, 5.41) is 3.12. The van der Waals surface area contributed by atoms with E-state index < -0.39 is 17.5 Å². The van der Waals surface area contributed by atoms with Gasteiger partial charge in [-0.25, -0.2) is 4.79 Å². The molecule has 0 saturated carbocycles. The molecule has 34 heavy (non-hydrogen) atoms. The quantitative estimate of drug-likeness (QED) is 0.378. The Morgan fingerprint density at radius 1 is 1.21 bits per heavy atom. The predicted molar refractivity (Wildman–Crippen MR) is 135 cm³/mol. The zero-order valence-electron chi connectivity index (χ0n) is 21.2. The van der Waals surface area contributed by atoms with Gasteiger partial charge in [-0.15, -0.1) is 0 Å². The van der Waals surface area contributed by atoms with Crippen LogP contribution >= 0.6 is 11.8 Å². The summed E-state index contributed by atoms with van der Waals surface area (Å²) < 4.78 is 11.0. The van der Waals surface area contributed by atoms with E-state index in [2.05, 4.69) is 12.2 Å². The van der Waals surface area contributed by atoms with Crippen molar-refractivity contribution >= 4 is 29.7 Å². The smallest absolute Gasteiger partial charge is 0.410 e. The summed E-state index contributed by atoms with van der Waals surface area (Å²) in [6.07, 6.45) is 4.50. The van der Waals surface area contributed by atoms with Gasteiger partial charge in [-0.3, -0.25) is 9.59 Å². The molecule has 1 aliphatic rings. The first-order valence-corrected chi connectivity index (χ1v) is 13.5. The molecule has 0 radical (unpaired) electrons.